The minimum Gasteiger partial charge on any atom is -0.466 e. The third kappa shape index (κ3) is 3.70. The van der Waals surface area contributed by atoms with Gasteiger partial charge < -0.3 is 9.47 Å². The van der Waals surface area contributed by atoms with Crippen molar-refractivity contribution >= 4 is 22.1 Å². The molecule has 22 heavy (non-hydrogen) atoms. The number of halogens is 1. The average Bonchev–Trinajstić information content (AvgIpc) is 2.54. The predicted molar refractivity (Wildman–Crippen MR) is 77.0 cm³/mol. The molecule has 0 atom stereocenters. The molecule has 2 rings (SSSR count). The van der Waals surface area contributed by atoms with E-state index in [-0.39, 0.29) is 23.5 Å². The molecule has 0 bridgehead atoms. The zero-order valence-corrected chi connectivity index (χ0v) is 12.8. The standard InChI is InChI=1S/C14H16FNO5S/c1-20-14(17)5-3-11-2-4-12(15)10-13(11)22(18,19)16-6-8-21-9-7-16/h2-5,10H,6-9H2,1H3/b5-3+. The molecule has 0 aliphatic carbocycles. The van der Waals surface area contributed by atoms with Crippen LogP contribution in [0.3, 0.4) is 0 Å². The first-order valence-corrected chi connectivity index (χ1v) is 8.02. The highest BCUT2D eigenvalue weighted by atomic mass is 32.2. The Morgan fingerprint density at radius 1 is 1.36 bits per heavy atom. The first kappa shape index (κ1) is 16.6. The van der Waals surface area contributed by atoms with Crippen molar-refractivity contribution in [1.82, 2.24) is 4.31 Å². The van der Waals surface area contributed by atoms with E-state index in [2.05, 4.69) is 4.74 Å². The average molecular weight is 329 g/mol. The second-order valence-corrected chi connectivity index (χ2v) is 6.46. The van der Waals surface area contributed by atoms with Crippen LogP contribution in [0.15, 0.2) is 29.2 Å². The highest BCUT2D eigenvalue weighted by Crippen LogP contribution is 2.23. The van der Waals surface area contributed by atoms with Gasteiger partial charge in [0.25, 0.3) is 0 Å². The summed E-state index contributed by atoms with van der Waals surface area (Å²) < 4.78 is 49.6. The smallest absolute Gasteiger partial charge is 0.330 e. The number of benzene rings is 1. The van der Waals surface area contributed by atoms with Crippen molar-refractivity contribution in [3.8, 4) is 0 Å². The zero-order chi connectivity index (χ0) is 16.2. The van der Waals surface area contributed by atoms with Crippen molar-refractivity contribution in [3.05, 3.63) is 35.7 Å². The van der Waals surface area contributed by atoms with Crippen molar-refractivity contribution in [3.63, 3.8) is 0 Å². The molecule has 1 aromatic rings. The number of nitrogens with zero attached hydrogens (tertiary/aromatic N) is 1. The fourth-order valence-electron chi connectivity index (χ4n) is 2.02. The summed E-state index contributed by atoms with van der Waals surface area (Å²) in [6, 6.07) is 3.39. The van der Waals surface area contributed by atoms with Crippen LogP contribution in [0, 0.1) is 5.82 Å². The highest BCUT2D eigenvalue weighted by Gasteiger charge is 2.28. The summed E-state index contributed by atoms with van der Waals surface area (Å²) in [6.45, 7) is 1.00. The predicted octanol–water partition coefficient (Wildman–Crippen LogP) is 1.03. The van der Waals surface area contributed by atoms with Crippen LogP contribution in [0.25, 0.3) is 6.08 Å². The van der Waals surface area contributed by atoms with E-state index in [9.17, 15) is 17.6 Å². The third-order valence-electron chi connectivity index (χ3n) is 3.16. The number of carbonyl (C=O) groups excluding carboxylic acids is 1. The lowest BCUT2D eigenvalue weighted by molar-refractivity contribution is -0.134. The normalized spacial score (nSPS) is 16.8. The van der Waals surface area contributed by atoms with E-state index in [1.165, 1.54) is 23.6 Å². The number of esters is 1. The quantitative estimate of drug-likeness (QED) is 0.609. The molecule has 1 aromatic carbocycles. The van der Waals surface area contributed by atoms with Crippen LogP contribution in [-0.2, 0) is 24.3 Å². The monoisotopic (exact) mass is 329 g/mol. The molecule has 1 heterocycles. The van der Waals surface area contributed by atoms with Gasteiger partial charge >= 0.3 is 5.97 Å². The second-order valence-electron chi connectivity index (χ2n) is 4.56. The lowest BCUT2D eigenvalue weighted by Crippen LogP contribution is -2.40. The van der Waals surface area contributed by atoms with Crippen molar-refractivity contribution in [2.75, 3.05) is 33.4 Å². The molecule has 8 heteroatoms. The van der Waals surface area contributed by atoms with Crippen LogP contribution in [-0.4, -0.2) is 52.1 Å². The Labute approximate surface area is 128 Å². The van der Waals surface area contributed by atoms with Gasteiger partial charge in [0, 0.05) is 19.2 Å². The van der Waals surface area contributed by atoms with Crippen LogP contribution in [0.4, 0.5) is 4.39 Å². The Hall–Kier alpha value is -1.77. The van der Waals surface area contributed by atoms with Crippen molar-refractivity contribution in [2.24, 2.45) is 0 Å². The zero-order valence-electron chi connectivity index (χ0n) is 12.0. The van der Waals surface area contributed by atoms with Crippen LogP contribution >= 0.6 is 0 Å². The van der Waals surface area contributed by atoms with Gasteiger partial charge in [0.1, 0.15) is 5.82 Å². The van der Waals surface area contributed by atoms with Crippen LogP contribution in [0.2, 0.25) is 0 Å². The molecule has 120 valence electrons. The van der Waals surface area contributed by atoms with E-state index < -0.39 is 21.8 Å². The topological polar surface area (TPSA) is 72.9 Å². The maximum atomic E-state index is 13.5. The molecule has 0 N–H and O–H groups in total. The van der Waals surface area contributed by atoms with Crippen molar-refractivity contribution < 1.29 is 27.1 Å². The van der Waals surface area contributed by atoms with E-state index >= 15 is 0 Å². The Kier molecular flexibility index (Phi) is 5.28. The Morgan fingerprint density at radius 3 is 2.68 bits per heavy atom. The molecule has 0 aromatic heterocycles. The number of methoxy groups -OCH3 is 1. The summed E-state index contributed by atoms with van der Waals surface area (Å²) in [7, 11) is -2.65. The Morgan fingerprint density at radius 2 is 2.05 bits per heavy atom. The van der Waals surface area contributed by atoms with E-state index in [0.29, 0.717) is 13.2 Å². The lowest BCUT2D eigenvalue weighted by Gasteiger charge is -2.26. The minimum atomic E-state index is -3.86. The van der Waals surface area contributed by atoms with Crippen molar-refractivity contribution in [1.29, 1.82) is 0 Å². The fourth-order valence-corrected chi connectivity index (χ4v) is 3.62. The van der Waals surface area contributed by atoms with Crippen molar-refractivity contribution in [2.45, 2.75) is 4.90 Å². The van der Waals surface area contributed by atoms with Gasteiger partial charge in [-0.15, -0.1) is 0 Å². The van der Waals surface area contributed by atoms with Gasteiger partial charge in [-0.05, 0) is 23.8 Å². The third-order valence-corrected chi connectivity index (χ3v) is 5.12. The summed E-state index contributed by atoms with van der Waals surface area (Å²) in [5.74, 6) is -1.29. The fraction of sp³-hybridized carbons (Fsp3) is 0.357. The summed E-state index contributed by atoms with van der Waals surface area (Å²) in [5.41, 5.74) is 0.221. The molecule has 1 aliphatic heterocycles. The second kappa shape index (κ2) is 6.99. The summed E-state index contributed by atoms with van der Waals surface area (Å²) in [6.07, 6.45) is 2.38. The molecule has 6 nitrogen and oxygen atoms in total. The van der Waals surface area contributed by atoms with E-state index in [1.54, 1.807) is 0 Å². The first-order chi connectivity index (χ1) is 10.4. The van der Waals surface area contributed by atoms with Gasteiger partial charge in [-0.2, -0.15) is 4.31 Å². The summed E-state index contributed by atoms with van der Waals surface area (Å²) in [5, 5.41) is 0. The number of carbonyl (C=O) groups is 1. The molecule has 0 saturated carbocycles. The first-order valence-electron chi connectivity index (χ1n) is 6.58. The number of morpholine rings is 1. The van der Waals surface area contributed by atoms with Crippen LogP contribution in [0.1, 0.15) is 5.56 Å². The number of hydrogen-bond donors (Lipinski definition) is 0. The van der Waals surface area contributed by atoms with E-state index in [1.807, 2.05) is 0 Å². The molecule has 0 unspecified atom stereocenters. The van der Waals surface area contributed by atoms with Gasteiger partial charge in [0.15, 0.2) is 0 Å². The van der Waals surface area contributed by atoms with E-state index in [4.69, 9.17) is 4.74 Å². The van der Waals surface area contributed by atoms with Gasteiger partial charge in [0.05, 0.1) is 25.2 Å². The summed E-state index contributed by atoms with van der Waals surface area (Å²) >= 11 is 0. The van der Waals surface area contributed by atoms with E-state index in [0.717, 1.165) is 18.2 Å². The molecule has 1 saturated heterocycles. The maximum Gasteiger partial charge on any atom is 0.330 e. The van der Waals surface area contributed by atoms with Crippen LogP contribution in [0.5, 0.6) is 0 Å². The molecule has 0 radical (unpaired) electrons. The van der Waals surface area contributed by atoms with Gasteiger partial charge in [-0.25, -0.2) is 17.6 Å². The largest absolute Gasteiger partial charge is 0.466 e. The minimum absolute atomic E-state index is 0.186. The Bertz CT molecular complexity index is 680. The molecular formula is C14H16FNO5S. The number of ether oxygens (including phenoxy) is 2. The number of hydrogen-bond acceptors (Lipinski definition) is 5. The Balaban J connectivity index is 2.42. The maximum absolute atomic E-state index is 13.5. The highest BCUT2D eigenvalue weighted by molar-refractivity contribution is 7.89. The molecule has 0 amide bonds. The molecule has 1 aliphatic rings. The number of sulfonamides is 1. The number of rotatable bonds is 4. The van der Waals surface area contributed by atoms with Crippen LogP contribution < -0.4 is 0 Å². The van der Waals surface area contributed by atoms with Gasteiger partial charge in [-0.1, -0.05) is 6.07 Å². The van der Waals surface area contributed by atoms with Gasteiger partial charge in [-0.3, -0.25) is 0 Å². The van der Waals surface area contributed by atoms with Gasteiger partial charge in [0.2, 0.25) is 10.0 Å². The molecule has 0 spiro atoms. The lowest BCUT2D eigenvalue weighted by atomic mass is 10.2. The molecule has 1 fully saturated rings. The summed E-state index contributed by atoms with van der Waals surface area (Å²) in [4.78, 5) is 11.0. The molecular weight excluding hydrogens is 313 g/mol. The SMILES string of the molecule is COC(=O)/C=C/c1ccc(F)cc1S(=O)(=O)N1CCOCC1.